The maximum absolute atomic E-state index is 10.9. The van der Waals surface area contributed by atoms with Crippen molar-refractivity contribution in [2.75, 3.05) is 0 Å². The predicted octanol–water partition coefficient (Wildman–Crippen LogP) is 2.74. The molecule has 1 atom stereocenters. The van der Waals surface area contributed by atoms with Gasteiger partial charge in [-0.2, -0.15) is 0 Å². The molecule has 0 heterocycles. The zero-order chi connectivity index (χ0) is 10.6. The lowest BCUT2D eigenvalue weighted by Crippen LogP contribution is -2.23. The van der Waals surface area contributed by atoms with Gasteiger partial charge in [0.2, 0.25) is 0 Å². The van der Waals surface area contributed by atoms with Crippen LogP contribution in [0, 0.1) is 0 Å². The van der Waals surface area contributed by atoms with Gasteiger partial charge in [0.05, 0.1) is 5.60 Å². The van der Waals surface area contributed by atoms with Crippen molar-refractivity contribution < 1.29 is 9.53 Å². The first-order valence-corrected chi connectivity index (χ1v) is 4.71. The highest BCUT2D eigenvalue weighted by Crippen LogP contribution is 2.21. The van der Waals surface area contributed by atoms with E-state index in [0.29, 0.717) is 0 Å². The fourth-order valence-corrected chi connectivity index (χ4v) is 1.20. The van der Waals surface area contributed by atoms with Crippen LogP contribution in [0.2, 0.25) is 0 Å². The Bertz CT molecular complexity index is 285. The molecule has 0 bridgehead atoms. The zero-order valence-corrected chi connectivity index (χ0v) is 8.86. The van der Waals surface area contributed by atoms with Crippen LogP contribution in [-0.2, 0) is 9.53 Å². The third kappa shape index (κ3) is 3.30. The molecule has 0 saturated heterocycles. The van der Waals surface area contributed by atoms with Crippen LogP contribution in [0.25, 0.3) is 0 Å². The van der Waals surface area contributed by atoms with Gasteiger partial charge >= 0.3 is 0 Å². The summed E-state index contributed by atoms with van der Waals surface area (Å²) >= 11 is 0. The van der Waals surface area contributed by atoms with Gasteiger partial charge in [-0.25, -0.2) is 0 Å². The summed E-state index contributed by atoms with van der Waals surface area (Å²) in [5.74, 6) is 0. The van der Waals surface area contributed by atoms with Crippen LogP contribution in [0.5, 0.6) is 0 Å². The molecule has 0 aliphatic carbocycles. The third-order valence-electron chi connectivity index (χ3n) is 1.73. The molecule has 76 valence electrons. The first kappa shape index (κ1) is 10.9. The summed E-state index contributed by atoms with van der Waals surface area (Å²) in [7, 11) is 0. The van der Waals surface area contributed by atoms with Crippen LogP contribution < -0.4 is 0 Å². The number of rotatable bonds is 3. The van der Waals surface area contributed by atoms with Gasteiger partial charge in [0.25, 0.3) is 0 Å². The van der Waals surface area contributed by atoms with Gasteiger partial charge in [0.15, 0.2) is 6.29 Å². The van der Waals surface area contributed by atoms with Crippen LogP contribution in [-0.4, -0.2) is 11.9 Å². The second-order valence-corrected chi connectivity index (χ2v) is 4.20. The first-order chi connectivity index (χ1) is 6.53. The molecular weight excluding hydrogens is 176 g/mol. The Morgan fingerprint density at radius 1 is 1.21 bits per heavy atom. The topological polar surface area (TPSA) is 26.3 Å². The van der Waals surface area contributed by atoms with Crippen molar-refractivity contribution >= 4 is 6.29 Å². The molecule has 0 spiro atoms. The molecule has 1 unspecified atom stereocenters. The van der Waals surface area contributed by atoms with E-state index in [1.54, 1.807) is 0 Å². The highest BCUT2D eigenvalue weighted by molar-refractivity contribution is 5.59. The lowest BCUT2D eigenvalue weighted by molar-refractivity contribution is -0.128. The van der Waals surface area contributed by atoms with Crippen molar-refractivity contribution in [3.8, 4) is 0 Å². The molecule has 2 heteroatoms. The standard InChI is InChI=1S/C12H16O2/c1-12(2,3)14-11(9-13)10-7-5-4-6-8-10/h4-9,11H,1-3H3. The van der Waals surface area contributed by atoms with Crippen molar-refractivity contribution in [2.45, 2.75) is 32.5 Å². The van der Waals surface area contributed by atoms with E-state index in [2.05, 4.69) is 0 Å². The van der Waals surface area contributed by atoms with E-state index < -0.39 is 6.10 Å². The van der Waals surface area contributed by atoms with Crippen LogP contribution in [0.4, 0.5) is 0 Å². The molecule has 0 fully saturated rings. The average molecular weight is 192 g/mol. The van der Waals surface area contributed by atoms with Crippen molar-refractivity contribution in [3.63, 3.8) is 0 Å². The summed E-state index contributed by atoms with van der Waals surface area (Å²) in [4.78, 5) is 10.9. The number of aldehydes is 1. The van der Waals surface area contributed by atoms with E-state index in [9.17, 15) is 4.79 Å². The van der Waals surface area contributed by atoms with E-state index in [1.807, 2.05) is 51.1 Å². The van der Waals surface area contributed by atoms with Crippen LogP contribution in [0.3, 0.4) is 0 Å². The smallest absolute Gasteiger partial charge is 0.153 e. The monoisotopic (exact) mass is 192 g/mol. The van der Waals surface area contributed by atoms with Crippen LogP contribution in [0.15, 0.2) is 30.3 Å². The minimum atomic E-state index is -0.462. The van der Waals surface area contributed by atoms with Crippen molar-refractivity contribution in [1.82, 2.24) is 0 Å². The minimum Gasteiger partial charge on any atom is -0.360 e. The molecule has 0 saturated carbocycles. The quantitative estimate of drug-likeness (QED) is 0.688. The van der Waals surface area contributed by atoms with E-state index in [0.717, 1.165) is 11.8 Å². The summed E-state index contributed by atoms with van der Waals surface area (Å²) in [6.07, 6.45) is 0.372. The molecule has 14 heavy (non-hydrogen) atoms. The molecule has 0 amide bonds. The predicted molar refractivity (Wildman–Crippen MR) is 56.1 cm³/mol. The molecular formula is C12H16O2. The SMILES string of the molecule is CC(C)(C)OC(C=O)c1ccccc1. The highest BCUT2D eigenvalue weighted by Gasteiger charge is 2.19. The van der Waals surface area contributed by atoms with Gasteiger partial charge in [0, 0.05) is 0 Å². The molecule has 1 rings (SSSR count). The normalized spacial score (nSPS) is 13.6. The van der Waals surface area contributed by atoms with Gasteiger partial charge in [-0.15, -0.1) is 0 Å². The van der Waals surface area contributed by atoms with Gasteiger partial charge in [0.1, 0.15) is 6.10 Å². The summed E-state index contributed by atoms with van der Waals surface area (Å²) in [6.45, 7) is 5.81. The summed E-state index contributed by atoms with van der Waals surface area (Å²) in [6, 6.07) is 9.51. The fraction of sp³-hybridized carbons (Fsp3) is 0.417. The van der Waals surface area contributed by atoms with Crippen LogP contribution >= 0.6 is 0 Å². The lowest BCUT2D eigenvalue weighted by Gasteiger charge is -2.24. The summed E-state index contributed by atoms with van der Waals surface area (Å²) < 4.78 is 5.60. The van der Waals surface area contributed by atoms with Crippen LogP contribution in [0.1, 0.15) is 32.4 Å². The first-order valence-electron chi connectivity index (χ1n) is 4.71. The largest absolute Gasteiger partial charge is 0.360 e. The lowest BCUT2D eigenvalue weighted by atomic mass is 10.1. The Morgan fingerprint density at radius 3 is 2.21 bits per heavy atom. The Balaban J connectivity index is 2.78. The van der Waals surface area contributed by atoms with Gasteiger partial charge in [-0.05, 0) is 26.3 Å². The molecule has 0 aliphatic heterocycles. The Morgan fingerprint density at radius 2 is 1.79 bits per heavy atom. The second-order valence-electron chi connectivity index (χ2n) is 4.20. The molecule has 1 aromatic rings. The Hall–Kier alpha value is -1.15. The Kier molecular flexibility index (Phi) is 3.42. The van der Waals surface area contributed by atoms with Gasteiger partial charge in [-0.3, -0.25) is 0 Å². The number of hydrogen-bond donors (Lipinski definition) is 0. The molecule has 0 radical (unpaired) electrons. The summed E-state index contributed by atoms with van der Waals surface area (Å²) in [5.41, 5.74) is 0.596. The number of carbonyl (C=O) groups excluding carboxylic acids is 1. The van der Waals surface area contributed by atoms with Gasteiger partial charge in [-0.1, -0.05) is 30.3 Å². The van der Waals surface area contributed by atoms with E-state index in [1.165, 1.54) is 0 Å². The third-order valence-corrected chi connectivity index (χ3v) is 1.73. The summed E-state index contributed by atoms with van der Waals surface area (Å²) in [5, 5.41) is 0. The highest BCUT2D eigenvalue weighted by atomic mass is 16.5. The van der Waals surface area contributed by atoms with Crippen molar-refractivity contribution in [2.24, 2.45) is 0 Å². The van der Waals surface area contributed by atoms with Gasteiger partial charge < -0.3 is 9.53 Å². The van der Waals surface area contributed by atoms with Crippen molar-refractivity contribution in [1.29, 1.82) is 0 Å². The molecule has 1 aromatic carbocycles. The molecule has 2 nitrogen and oxygen atoms in total. The molecule has 0 aliphatic rings. The van der Waals surface area contributed by atoms with E-state index >= 15 is 0 Å². The maximum Gasteiger partial charge on any atom is 0.153 e. The Labute approximate surface area is 84.9 Å². The number of benzene rings is 1. The fourth-order valence-electron chi connectivity index (χ4n) is 1.20. The van der Waals surface area contributed by atoms with Crippen molar-refractivity contribution in [3.05, 3.63) is 35.9 Å². The minimum absolute atomic E-state index is 0.304. The average Bonchev–Trinajstić information content (AvgIpc) is 2.14. The number of ether oxygens (including phenoxy) is 1. The maximum atomic E-state index is 10.9. The molecule has 0 aromatic heterocycles. The second kappa shape index (κ2) is 4.38. The molecule has 0 N–H and O–H groups in total. The zero-order valence-electron chi connectivity index (χ0n) is 8.86. The van der Waals surface area contributed by atoms with E-state index in [4.69, 9.17) is 4.74 Å². The van der Waals surface area contributed by atoms with E-state index in [-0.39, 0.29) is 5.60 Å². The number of hydrogen-bond acceptors (Lipinski definition) is 2. The number of carbonyl (C=O) groups is 1.